The van der Waals surface area contributed by atoms with Crippen molar-refractivity contribution in [3.05, 3.63) is 46.6 Å². The van der Waals surface area contributed by atoms with E-state index >= 15 is 0 Å². The highest BCUT2D eigenvalue weighted by Gasteiger charge is 2.32. The van der Waals surface area contributed by atoms with Crippen LogP contribution < -0.4 is 10.1 Å². The molecular formula is C21H23ClF3N3O4. The maximum absolute atomic E-state index is 12.9. The summed E-state index contributed by atoms with van der Waals surface area (Å²) in [7, 11) is 0. The number of ether oxygens (including phenoxy) is 2. The van der Waals surface area contributed by atoms with Gasteiger partial charge in [0, 0.05) is 18.7 Å². The van der Waals surface area contributed by atoms with Gasteiger partial charge >= 0.3 is 12.3 Å². The number of hydrogen-bond acceptors (Lipinski definition) is 5. The fourth-order valence-corrected chi connectivity index (χ4v) is 3.85. The fourth-order valence-electron chi connectivity index (χ4n) is 3.65. The summed E-state index contributed by atoms with van der Waals surface area (Å²) < 4.78 is 50.3. The second-order valence-electron chi connectivity index (χ2n) is 7.52. The molecule has 0 aliphatic heterocycles. The van der Waals surface area contributed by atoms with Gasteiger partial charge in [0.1, 0.15) is 0 Å². The molecule has 1 heterocycles. The second-order valence-corrected chi connectivity index (χ2v) is 7.93. The van der Waals surface area contributed by atoms with E-state index in [1.165, 1.54) is 6.20 Å². The zero-order chi connectivity index (χ0) is 23.3. The van der Waals surface area contributed by atoms with Crippen molar-refractivity contribution in [1.29, 1.82) is 0 Å². The molecule has 0 radical (unpaired) electrons. The SMILES string of the molecule is CCOC(=O)Oc1ccnn1CC1CCC(NC(=O)c2cc(C(F)(F)F)ccc2Cl)CC1. The number of benzene rings is 1. The van der Waals surface area contributed by atoms with Gasteiger partial charge in [0.2, 0.25) is 5.88 Å². The van der Waals surface area contributed by atoms with Crippen molar-refractivity contribution >= 4 is 23.7 Å². The molecule has 1 fully saturated rings. The molecule has 1 aliphatic rings. The zero-order valence-electron chi connectivity index (χ0n) is 17.3. The molecule has 1 aromatic heterocycles. The number of rotatable bonds is 6. The molecule has 1 aliphatic carbocycles. The first-order valence-electron chi connectivity index (χ1n) is 10.2. The molecule has 7 nitrogen and oxygen atoms in total. The lowest BCUT2D eigenvalue weighted by Crippen LogP contribution is -2.38. The summed E-state index contributed by atoms with van der Waals surface area (Å²) in [6.07, 6.45) is -0.988. The largest absolute Gasteiger partial charge is 0.515 e. The minimum atomic E-state index is -4.56. The van der Waals surface area contributed by atoms with E-state index in [4.69, 9.17) is 21.1 Å². The second kappa shape index (κ2) is 10.2. The van der Waals surface area contributed by atoms with Crippen LogP contribution in [-0.4, -0.2) is 34.5 Å². The van der Waals surface area contributed by atoms with Crippen LogP contribution in [0.2, 0.25) is 5.02 Å². The van der Waals surface area contributed by atoms with Gasteiger partial charge in [-0.25, -0.2) is 9.48 Å². The topological polar surface area (TPSA) is 82.4 Å². The van der Waals surface area contributed by atoms with E-state index < -0.39 is 23.8 Å². The van der Waals surface area contributed by atoms with E-state index in [9.17, 15) is 22.8 Å². The van der Waals surface area contributed by atoms with Gasteiger partial charge in [-0.2, -0.15) is 18.3 Å². The summed E-state index contributed by atoms with van der Waals surface area (Å²) in [5, 5.41) is 6.93. The van der Waals surface area contributed by atoms with Crippen LogP contribution in [0.4, 0.5) is 18.0 Å². The van der Waals surface area contributed by atoms with Crippen molar-refractivity contribution in [2.45, 2.75) is 51.4 Å². The smallest absolute Gasteiger partial charge is 0.434 e. The Morgan fingerprint density at radius 3 is 2.59 bits per heavy atom. The fraction of sp³-hybridized carbons (Fsp3) is 0.476. The molecule has 0 spiro atoms. The molecular weight excluding hydrogens is 451 g/mol. The maximum atomic E-state index is 12.9. The average molecular weight is 474 g/mol. The minimum Gasteiger partial charge on any atom is -0.434 e. The standard InChI is InChI=1S/C21H23ClF3N3O4/c1-2-31-20(30)32-18-9-10-26-28(18)12-13-3-6-15(7-4-13)27-19(29)16-11-14(21(23,24)25)5-8-17(16)22/h5,8-11,13,15H,2-4,6-7,12H2,1H3,(H,27,29). The van der Waals surface area contributed by atoms with Gasteiger partial charge in [0.15, 0.2) is 0 Å². The summed E-state index contributed by atoms with van der Waals surface area (Å²) in [5.41, 5.74) is -1.11. The van der Waals surface area contributed by atoms with Crippen LogP contribution in [0.1, 0.15) is 48.5 Å². The lowest BCUT2D eigenvalue weighted by Gasteiger charge is -2.29. The van der Waals surface area contributed by atoms with Crippen molar-refractivity contribution in [3.8, 4) is 5.88 Å². The van der Waals surface area contributed by atoms with Gasteiger partial charge in [-0.05, 0) is 56.7 Å². The predicted molar refractivity (Wildman–Crippen MR) is 110 cm³/mol. The Labute approximate surface area is 187 Å². The molecule has 1 aromatic carbocycles. The lowest BCUT2D eigenvalue weighted by atomic mass is 9.86. The van der Waals surface area contributed by atoms with Crippen LogP contribution in [0.3, 0.4) is 0 Å². The lowest BCUT2D eigenvalue weighted by molar-refractivity contribution is -0.137. The number of halogens is 4. The van der Waals surface area contributed by atoms with Crippen LogP contribution >= 0.6 is 11.6 Å². The number of amides is 1. The molecule has 3 rings (SSSR count). The summed E-state index contributed by atoms with van der Waals surface area (Å²) >= 11 is 5.95. The van der Waals surface area contributed by atoms with Gasteiger partial charge in [-0.1, -0.05) is 11.6 Å². The van der Waals surface area contributed by atoms with E-state index in [0.717, 1.165) is 31.0 Å². The van der Waals surface area contributed by atoms with Crippen LogP contribution in [-0.2, 0) is 17.5 Å². The number of carbonyl (C=O) groups excluding carboxylic acids is 2. The highest BCUT2D eigenvalue weighted by atomic mass is 35.5. The number of hydrogen-bond donors (Lipinski definition) is 1. The van der Waals surface area contributed by atoms with Crippen molar-refractivity contribution in [1.82, 2.24) is 15.1 Å². The third-order valence-electron chi connectivity index (χ3n) is 5.28. The summed E-state index contributed by atoms with van der Waals surface area (Å²) in [4.78, 5) is 24.0. The number of alkyl halides is 3. The molecule has 0 saturated heterocycles. The Kier molecular flexibility index (Phi) is 7.65. The van der Waals surface area contributed by atoms with E-state index in [0.29, 0.717) is 19.4 Å². The quantitative estimate of drug-likeness (QED) is 0.592. The first-order valence-corrected chi connectivity index (χ1v) is 10.6. The average Bonchev–Trinajstić information content (AvgIpc) is 3.15. The van der Waals surface area contributed by atoms with Crippen molar-refractivity contribution < 1.29 is 32.2 Å². The van der Waals surface area contributed by atoms with E-state index in [1.807, 2.05) is 0 Å². The van der Waals surface area contributed by atoms with E-state index in [1.54, 1.807) is 17.7 Å². The van der Waals surface area contributed by atoms with Crippen LogP contribution in [0.15, 0.2) is 30.5 Å². The van der Waals surface area contributed by atoms with Gasteiger partial charge in [0.05, 0.1) is 29.0 Å². The number of carbonyl (C=O) groups is 2. The predicted octanol–water partition coefficient (Wildman–Crippen LogP) is 5.08. The molecule has 11 heteroatoms. The van der Waals surface area contributed by atoms with Gasteiger partial charge < -0.3 is 14.8 Å². The summed E-state index contributed by atoms with van der Waals surface area (Å²) in [5.74, 6) is -0.0930. The highest BCUT2D eigenvalue weighted by molar-refractivity contribution is 6.33. The summed E-state index contributed by atoms with van der Waals surface area (Å²) in [6, 6.07) is 4.10. The van der Waals surface area contributed by atoms with Gasteiger partial charge in [-0.3, -0.25) is 4.79 Å². The Balaban J connectivity index is 1.53. The van der Waals surface area contributed by atoms with Crippen molar-refractivity contribution in [2.75, 3.05) is 6.61 Å². The number of aromatic nitrogens is 2. The maximum Gasteiger partial charge on any atom is 0.515 e. The normalized spacial score (nSPS) is 18.8. The Morgan fingerprint density at radius 2 is 1.94 bits per heavy atom. The first kappa shape index (κ1) is 23.9. The third kappa shape index (κ3) is 6.15. The molecule has 1 amide bonds. The molecule has 174 valence electrons. The Morgan fingerprint density at radius 1 is 1.22 bits per heavy atom. The van der Waals surface area contributed by atoms with Crippen molar-refractivity contribution in [3.63, 3.8) is 0 Å². The summed E-state index contributed by atoms with van der Waals surface area (Å²) in [6.45, 7) is 2.41. The van der Waals surface area contributed by atoms with Crippen molar-refractivity contribution in [2.24, 2.45) is 5.92 Å². The van der Waals surface area contributed by atoms with Crippen LogP contribution in [0.5, 0.6) is 5.88 Å². The number of nitrogens with one attached hydrogen (secondary N) is 1. The number of nitrogens with zero attached hydrogens (tertiary/aromatic N) is 2. The Hall–Kier alpha value is -2.75. The van der Waals surface area contributed by atoms with E-state index in [2.05, 4.69) is 10.4 Å². The zero-order valence-corrected chi connectivity index (χ0v) is 18.1. The monoisotopic (exact) mass is 473 g/mol. The molecule has 0 atom stereocenters. The van der Waals surface area contributed by atoms with Gasteiger partial charge in [-0.15, -0.1) is 0 Å². The molecule has 1 N–H and O–H groups in total. The first-order chi connectivity index (χ1) is 15.2. The highest BCUT2D eigenvalue weighted by Crippen LogP contribution is 2.32. The van der Waals surface area contributed by atoms with Gasteiger partial charge in [0.25, 0.3) is 5.91 Å². The molecule has 1 saturated carbocycles. The molecule has 2 aromatic rings. The molecule has 0 bridgehead atoms. The van der Waals surface area contributed by atoms with Crippen LogP contribution in [0.25, 0.3) is 0 Å². The minimum absolute atomic E-state index is 0.0306. The third-order valence-corrected chi connectivity index (χ3v) is 5.61. The van der Waals surface area contributed by atoms with Crippen LogP contribution in [0, 0.1) is 5.92 Å². The molecule has 0 unspecified atom stereocenters. The Bertz CT molecular complexity index is 956. The van der Waals surface area contributed by atoms with E-state index in [-0.39, 0.29) is 35.0 Å². The molecule has 32 heavy (non-hydrogen) atoms.